The minimum atomic E-state index is -0.509. The first-order valence-electron chi connectivity index (χ1n) is 5.77. The van der Waals surface area contributed by atoms with Crippen LogP contribution < -0.4 is 10.6 Å². The van der Waals surface area contributed by atoms with Crippen molar-refractivity contribution < 1.29 is 14.3 Å². The van der Waals surface area contributed by atoms with Gasteiger partial charge in [-0.2, -0.15) is 0 Å². The van der Waals surface area contributed by atoms with E-state index in [9.17, 15) is 9.59 Å². The first-order valence-corrected chi connectivity index (χ1v) is 5.77. The van der Waals surface area contributed by atoms with Crippen molar-refractivity contribution in [2.45, 2.75) is 39.7 Å². The molecule has 0 saturated carbocycles. The van der Waals surface area contributed by atoms with Crippen LogP contribution in [-0.2, 0) is 9.53 Å². The second-order valence-electron chi connectivity index (χ2n) is 3.33. The van der Waals surface area contributed by atoms with Gasteiger partial charge in [-0.15, -0.1) is 5.92 Å². The molecule has 0 bridgehead atoms. The number of hydrogen-bond acceptors (Lipinski definition) is 3. The third-order valence-electron chi connectivity index (χ3n) is 1.96. The number of nitrogens with one attached hydrogen (secondary N) is 2. The van der Waals surface area contributed by atoms with E-state index in [1.54, 1.807) is 13.8 Å². The van der Waals surface area contributed by atoms with Crippen LogP contribution >= 0.6 is 0 Å². The number of amides is 2. The molecule has 17 heavy (non-hydrogen) atoms. The zero-order valence-corrected chi connectivity index (χ0v) is 10.6. The quantitative estimate of drug-likeness (QED) is 0.538. The van der Waals surface area contributed by atoms with Crippen molar-refractivity contribution >= 4 is 12.0 Å². The van der Waals surface area contributed by atoms with Gasteiger partial charge < -0.3 is 15.4 Å². The highest BCUT2D eigenvalue weighted by Crippen LogP contribution is 1.96. The largest absolute Gasteiger partial charge is 0.433 e. The molecule has 2 amide bonds. The van der Waals surface area contributed by atoms with Crippen molar-refractivity contribution in [2.24, 2.45) is 0 Å². The molecule has 0 rings (SSSR count). The van der Waals surface area contributed by atoms with E-state index in [1.807, 2.05) is 6.92 Å². The molecule has 0 heterocycles. The fourth-order valence-electron chi connectivity index (χ4n) is 1.04. The Bertz CT molecular complexity index is 305. The Hall–Kier alpha value is -1.70. The highest BCUT2D eigenvalue weighted by Gasteiger charge is 2.08. The molecule has 0 aliphatic heterocycles. The Morgan fingerprint density at radius 3 is 2.41 bits per heavy atom. The van der Waals surface area contributed by atoms with E-state index in [-0.39, 0.29) is 12.0 Å². The fraction of sp³-hybridized carbons (Fsp3) is 0.667. The van der Waals surface area contributed by atoms with E-state index in [0.717, 1.165) is 0 Å². The molecule has 0 aromatic heterocycles. The summed E-state index contributed by atoms with van der Waals surface area (Å²) in [6, 6.07) is 0. The molecule has 5 nitrogen and oxygen atoms in total. The lowest BCUT2D eigenvalue weighted by Gasteiger charge is -2.11. The van der Waals surface area contributed by atoms with Gasteiger partial charge in [-0.3, -0.25) is 4.79 Å². The molecule has 0 spiro atoms. The minimum absolute atomic E-state index is 0.0385. The molecule has 0 aromatic rings. The van der Waals surface area contributed by atoms with Gasteiger partial charge in [-0.1, -0.05) is 19.8 Å². The van der Waals surface area contributed by atoms with Crippen LogP contribution in [0.4, 0.5) is 4.79 Å². The fourth-order valence-corrected chi connectivity index (χ4v) is 1.04. The maximum Gasteiger partial charge on any atom is 0.408 e. The maximum absolute atomic E-state index is 11.3. The lowest BCUT2D eigenvalue weighted by atomic mass is 10.3. The van der Waals surface area contributed by atoms with E-state index < -0.39 is 6.09 Å². The summed E-state index contributed by atoms with van der Waals surface area (Å²) in [7, 11) is 0. The Morgan fingerprint density at radius 2 is 1.88 bits per heavy atom. The van der Waals surface area contributed by atoms with Gasteiger partial charge in [0.1, 0.15) is 0 Å². The molecule has 0 aliphatic rings. The van der Waals surface area contributed by atoms with Crippen molar-refractivity contribution in [1.29, 1.82) is 0 Å². The molecule has 0 radical (unpaired) electrons. The van der Waals surface area contributed by atoms with Crippen LogP contribution in [0, 0.1) is 11.8 Å². The van der Waals surface area contributed by atoms with Gasteiger partial charge in [0.25, 0.3) is 0 Å². The van der Waals surface area contributed by atoms with Crippen molar-refractivity contribution in [2.75, 3.05) is 13.1 Å². The summed E-state index contributed by atoms with van der Waals surface area (Å²) in [6.45, 7) is 6.11. The lowest BCUT2D eigenvalue weighted by molar-refractivity contribution is -0.120. The van der Waals surface area contributed by atoms with E-state index >= 15 is 0 Å². The predicted octanol–water partition coefficient (Wildman–Crippen LogP) is 1.04. The predicted molar refractivity (Wildman–Crippen MR) is 65.3 cm³/mol. The molecule has 5 heteroatoms. The average molecular weight is 240 g/mol. The zero-order valence-electron chi connectivity index (χ0n) is 10.6. The number of alkyl carbamates (subject to hydrolysis) is 1. The molecule has 96 valence electrons. The Morgan fingerprint density at radius 1 is 1.24 bits per heavy atom. The molecule has 2 N–H and O–H groups in total. The van der Waals surface area contributed by atoms with Crippen molar-refractivity contribution in [3.05, 3.63) is 0 Å². The standard InChI is InChI=1S/C12H20N2O3/c1-4-7-10(5-2)17-12(16)14-9-8-13-11(15)6-3/h10H,5-6,8-9H2,1-3H3,(H,13,15)(H,14,16). The maximum atomic E-state index is 11.3. The van der Waals surface area contributed by atoms with Crippen molar-refractivity contribution in [1.82, 2.24) is 10.6 Å². The molecule has 0 saturated heterocycles. The highest BCUT2D eigenvalue weighted by molar-refractivity contribution is 5.75. The van der Waals surface area contributed by atoms with E-state index in [4.69, 9.17) is 4.74 Å². The third-order valence-corrected chi connectivity index (χ3v) is 1.96. The summed E-state index contributed by atoms with van der Waals surface area (Å²) in [5.74, 6) is 5.44. The Labute approximate surface area is 102 Å². The van der Waals surface area contributed by atoms with Gasteiger partial charge in [-0.25, -0.2) is 4.79 Å². The van der Waals surface area contributed by atoms with Crippen LogP contribution in [0.1, 0.15) is 33.6 Å². The van der Waals surface area contributed by atoms with Crippen LogP contribution in [0.25, 0.3) is 0 Å². The van der Waals surface area contributed by atoms with Crippen LogP contribution in [0.3, 0.4) is 0 Å². The van der Waals surface area contributed by atoms with Gasteiger partial charge in [0.15, 0.2) is 6.10 Å². The Kier molecular flexibility index (Phi) is 8.57. The number of hydrogen-bond donors (Lipinski definition) is 2. The van der Waals surface area contributed by atoms with Gasteiger partial charge in [0.05, 0.1) is 0 Å². The second kappa shape index (κ2) is 9.52. The van der Waals surface area contributed by atoms with Gasteiger partial charge in [0.2, 0.25) is 5.91 Å². The Balaban J connectivity index is 3.71. The molecule has 0 aromatic carbocycles. The van der Waals surface area contributed by atoms with Gasteiger partial charge in [0, 0.05) is 19.5 Å². The molecule has 0 fully saturated rings. The average Bonchev–Trinajstić information content (AvgIpc) is 2.33. The summed E-state index contributed by atoms with van der Waals surface area (Å²) in [5.41, 5.74) is 0. The molecule has 1 unspecified atom stereocenters. The topological polar surface area (TPSA) is 67.4 Å². The lowest BCUT2D eigenvalue weighted by Crippen LogP contribution is -2.35. The van der Waals surface area contributed by atoms with Crippen molar-refractivity contribution in [3.63, 3.8) is 0 Å². The molecule has 0 aliphatic carbocycles. The van der Waals surface area contributed by atoms with E-state index in [1.165, 1.54) is 0 Å². The summed E-state index contributed by atoms with van der Waals surface area (Å²) < 4.78 is 5.04. The first-order chi connectivity index (χ1) is 8.13. The van der Waals surface area contributed by atoms with E-state index in [2.05, 4.69) is 22.5 Å². The molecule has 1 atom stereocenters. The number of ether oxygens (including phenoxy) is 1. The first kappa shape index (κ1) is 15.3. The summed E-state index contributed by atoms with van der Waals surface area (Å²) in [6.07, 6.45) is 0.213. The highest BCUT2D eigenvalue weighted by atomic mass is 16.6. The number of carbonyl (C=O) groups excluding carboxylic acids is 2. The summed E-state index contributed by atoms with van der Waals surface area (Å²) in [4.78, 5) is 22.2. The summed E-state index contributed by atoms with van der Waals surface area (Å²) in [5, 5.41) is 5.18. The molecular formula is C12H20N2O3. The normalized spacial score (nSPS) is 10.8. The monoisotopic (exact) mass is 240 g/mol. The smallest absolute Gasteiger partial charge is 0.408 e. The van der Waals surface area contributed by atoms with E-state index in [0.29, 0.717) is 25.9 Å². The van der Waals surface area contributed by atoms with Gasteiger partial charge >= 0.3 is 6.09 Å². The number of rotatable bonds is 6. The SMILES string of the molecule is CC#CC(CC)OC(=O)NCCNC(=O)CC. The van der Waals surface area contributed by atoms with Crippen molar-refractivity contribution in [3.8, 4) is 11.8 Å². The molecular weight excluding hydrogens is 220 g/mol. The van der Waals surface area contributed by atoms with Crippen LogP contribution in [0.15, 0.2) is 0 Å². The minimum Gasteiger partial charge on any atom is -0.433 e. The van der Waals surface area contributed by atoms with Crippen LogP contribution in [0.5, 0.6) is 0 Å². The number of carbonyl (C=O) groups is 2. The second-order valence-corrected chi connectivity index (χ2v) is 3.33. The van der Waals surface area contributed by atoms with Crippen LogP contribution in [-0.4, -0.2) is 31.2 Å². The summed E-state index contributed by atoms with van der Waals surface area (Å²) >= 11 is 0. The third kappa shape index (κ3) is 8.14. The van der Waals surface area contributed by atoms with Crippen LogP contribution in [0.2, 0.25) is 0 Å². The van der Waals surface area contributed by atoms with Gasteiger partial charge in [-0.05, 0) is 13.3 Å². The zero-order chi connectivity index (χ0) is 13.1.